The fourth-order valence-electron chi connectivity index (χ4n) is 11.0. The Labute approximate surface area is 757 Å². The lowest BCUT2D eigenvalue weighted by molar-refractivity contribution is -0.0762. The molecule has 121 heavy (non-hydrogen) atoms. The van der Waals surface area contributed by atoms with Gasteiger partial charge in [0, 0.05) is 0 Å². The zero-order valence-electron chi connectivity index (χ0n) is 92.4. The molecule has 0 aliphatic carbocycles. The summed E-state index contributed by atoms with van der Waals surface area (Å²) >= 11 is 0. The van der Waals surface area contributed by atoms with Gasteiger partial charge >= 0.3 is 0 Å². The lowest BCUT2D eigenvalue weighted by Gasteiger charge is -2.34. The molecular weight excluding hydrogens is 1530 g/mol. The van der Waals surface area contributed by atoms with Crippen LogP contribution in [0.1, 0.15) is 437 Å². The number of halogens is 4. The molecule has 0 aromatic heterocycles. The Hall–Kier alpha value is -0.760. The number of rotatable bonds is 28. The summed E-state index contributed by atoms with van der Waals surface area (Å²) in [5, 5.41) is 55.3. The van der Waals surface area contributed by atoms with Crippen LogP contribution in [-0.4, -0.2) is 165 Å². The molecule has 0 fully saturated rings. The number of hydrogen-bond donors (Lipinski definition) is 6. The van der Waals surface area contributed by atoms with E-state index < -0.39 is 33.9 Å². The van der Waals surface area contributed by atoms with E-state index in [-0.39, 0.29) is 146 Å². The first-order valence-corrected chi connectivity index (χ1v) is 46.3. The molecule has 0 spiro atoms. The largest absolute Gasteiger partial charge is 0.391 e. The number of hydrogen-bond acceptors (Lipinski definition) is 12. The number of aliphatic hydroxyl groups excluding tert-OH is 4. The maximum atomic E-state index is 13.3. The van der Waals surface area contributed by atoms with E-state index >= 15 is 0 Å². The van der Waals surface area contributed by atoms with Gasteiger partial charge in [-0.1, -0.05) is 284 Å². The van der Waals surface area contributed by atoms with E-state index in [0.29, 0.717) is 75.1 Å². The third-order valence-electron chi connectivity index (χ3n) is 25.5. The minimum Gasteiger partial charge on any atom is -0.391 e. The van der Waals surface area contributed by atoms with E-state index in [0.717, 1.165) is 0 Å². The van der Waals surface area contributed by atoms with Crippen molar-refractivity contribution in [3.8, 4) is 0 Å². The van der Waals surface area contributed by atoms with E-state index in [4.69, 9.17) is 48.8 Å². The number of ether oxygens (including phenoxy) is 6. The quantitative estimate of drug-likeness (QED) is 0.0410. The van der Waals surface area contributed by atoms with Crippen LogP contribution < -0.4 is 0 Å². The Kier molecular flexibility index (Phi) is 70.6. The second-order valence-electron chi connectivity index (χ2n) is 50.7. The molecule has 748 valence electrons. The van der Waals surface area contributed by atoms with Crippen molar-refractivity contribution in [2.45, 2.75) is 532 Å². The number of aliphatic hydroxyl groups is 6. The van der Waals surface area contributed by atoms with Gasteiger partial charge in [-0.05, 0) is 266 Å². The van der Waals surface area contributed by atoms with Crippen molar-refractivity contribution in [3.05, 3.63) is 0 Å². The summed E-state index contributed by atoms with van der Waals surface area (Å²) in [6.07, 6.45) is -0.287. The molecule has 0 aromatic rings. The second-order valence-corrected chi connectivity index (χ2v) is 50.7. The summed E-state index contributed by atoms with van der Waals surface area (Å²) in [6, 6.07) is 0. The molecule has 0 aliphatic heterocycles. The highest BCUT2D eigenvalue weighted by Crippen LogP contribution is 2.41. The first-order chi connectivity index (χ1) is 51.7. The van der Waals surface area contributed by atoms with E-state index in [1.807, 2.05) is 27.7 Å². The van der Waals surface area contributed by atoms with Crippen LogP contribution in [0.5, 0.6) is 0 Å². The van der Waals surface area contributed by atoms with Gasteiger partial charge < -0.3 is 59.1 Å². The Morgan fingerprint density at radius 3 is 0.347 bits per heavy atom. The first kappa shape index (κ1) is 143. The molecule has 0 saturated carbocycles. The van der Waals surface area contributed by atoms with Crippen molar-refractivity contribution in [1.29, 1.82) is 0 Å². The molecule has 0 aromatic carbocycles. The summed E-state index contributed by atoms with van der Waals surface area (Å²) in [5.41, 5.74) is -3.87. The van der Waals surface area contributed by atoms with Gasteiger partial charge in [0.05, 0.1) is 112 Å². The minimum absolute atomic E-state index is 0. The van der Waals surface area contributed by atoms with Crippen molar-refractivity contribution in [2.24, 2.45) is 113 Å². The summed E-state index contributed by atoms with van der Waals surface area (Å²) in [7, 11) is 0. The Morgan fingerprint density at radius 2 is 0.289 bits per heavy atom. The predicted molar refractivity (Wildman–Crippen MR) is 525 cm³/mol. The Morgan fingerprint density at radius 1 is 0.190 bits per heavy atom. The monoisotopic (exact) mass is 1760 g/mol. The topological polar surface area (TPSA) is 177 Å². The highest BCUT2D eigenvalue weighted by atomic mass is 19.2. The molecule has 6 N–H and O–H groups in total. The molecule has 0 rings (SSSR count). The highest BCUT2D eigenvalue weighted by molar-refractivity contribution is 4.88. The second kappa shape index (κ2) is 59.6. The molecule has 16 heteroatoms. The van der Waals surface area contributed by atoms with Gasteiger partial charge in [0.2, 0.25) is 0 Å². The van der Waals surface area contributed by atoms with Gasteiger partial charge in [-0.2, -0.15) is 0 Å². The Balaban J connectivity index is -0.000000124. The van der Waals surface area contributed by atoms with Gasteiger partial charge in [0.25, 0.3) is 0 Å². The Bertz CT molecular complexity index is 2050. The molecule has 0 bridgehead atoms. The van der Waals surface area contributed by atoms with Crippen LogP contribution in [0.2, 0.25) is 0 Å². The zero-order chi connectivity index (χ0) is 100. The predicted octanol–water partition coefficient (Wildman–Crippen LogP) is 29.8. The molecule has 0 aliphatic rings. The fraction of sp³-hybridized carbons (Fsp3) is 1.00. The van der Waals surface area contributed by atoms with Gasteiger partial charge in [0.15, 0.2) is 0 Å². The normalized spacial score (nSPS) is 18.2. The summed E-state index contributed by atoms with van der Waals surface area (Å²) < 4.78 is 86.6. The van der Waals surface area contributed by atoms with Gasteiger partial charge in [-0.3, -0.25) is 0 Å². The third-order valence-corrected chi connectivity index (χ3v) is 25.5. The van der Waals surface area contributed by atoms with Crippen LogP contribution in [0.25, 0.3) is 0 Å². The van der Waals surface area contributed by atoms with Crippen LogP contribution in [0.3, 0.4) is 0 Å². The van der Waals surface area contributed by atoms with Gasteiger partial charge in [0.1, 0.15) is 22.7 Å². The SMILES string of the molecule is C.C[C@@H](C(C)(C)C)C(C)(C)F.C[C@@H](C(C)(C)C)C(C)(C)F.C[C@@H](O)CO[C@H](C)[C@H](C)C(C)(C)C.C[C@@H](OCC(C)(C)O)[C@H](C)C(C)(C)C.C[C@H](C(C)(C)C)C(C)(C)F.C[C@H](C(C)(C)C)C(C)(C)F.C[C@H](O)CO[C@@H](C)[C@@H](C)C(C)(C)C.C[C@H](O)CO[C@H](C)[C@H](C)C(C)(C)C.C[C@H](OCC(C)(C)O)[C@H](C)C(C)(C)C.C[C@H](OC[C@@H](C)O)[C@@H](C)C(C)(C)C. The molecule has 12 nitrogen and oxygen atoms in total. The van der Waals surface area contributed by atoms with Crippen LogP contribution in [-0.2, 0) is 28.4 Å². The lowest BCUT2D eigenvalue weighted by Crippen LogP contribution is -2.34. The molecule has 0 saturated heterocycles. The third kappa shape index (κ3) is 84.5. The summed E-state index contributed by atoms with van der Waals surface area (Å²) in [5.74, 6) is 3.31. The van der Waals surface area contributed by atoms with Gasteiger partial charge in [-0.25, -0.2) is 17.6 Å². The zero-order valence-corrected chi connectivity index (χ0v) is 92.4. The van der Waals surface area contributed by atoms with Crippen molar-refractivity contribution in [3.63, 3.8) is 0 Å². The molecular formula is C105H228F4O12. The van der Waals surface area contributed by atoms with Crippen molar-refractivity contribution >= 4 is 0 Å². The maximum absolute atomic E-state index is 13.3. The first-order valence-electron chi connectivity index (χ1n) is 46.3. The van der Waals surface area contributed by atoms with Crippen LogP contribution in [0.4, 0.5) is 17.6 Å². The average molecular weight is 1760 g/mol. The molecule has 0 radical (unpaired) electrons. The van der Waals surface area contributed by atoms with Crippen LogP contribution in [0, 0.1) is 113 Å². The maximum Gasteiger partial charge on any atom is 0.108 e. The van der Waals surface area contributed by atoms with Crippen molar-refractivity contribution < 1.29 is 76.6 Å². The smallest absolute Gasteiger partial charge is 0.108 e. The molecule has 0 heterocycles. The molecule has 20 atom stereocenters. The van der Waals surface area contributed by atoms with Crippen LogP contribution >= 0.6 is 0 Å². The minimum atomic E-state index is -1.06. The average Bonchev–Trinajstić information content (AvgIpc) is 0.844. The van der Waals surface area contributed by atoms with E-state index in [2.05, 4.69) is 291 Å². The summed E-state index contributed by atoms with van der Waals surface area (Å²) in [6.45, 7) is 128. The van der Waals surface area contributed by atoms with Crippen molar-refractivity contribution in [1.82, 2.24) is 0 Å². The standard InChI is InChI=1S/2C12H26O2.4C11H24O2.4C9H19F.CH4/c2*1-9(11(3,4)5)10(2)14-8-12(6,7)13;4*1-8(12)7-13-10(3)9(2)11(4,5)6;4*1-7(8(2,3)4)9(5,6)10;/h2*9-10,13H,8H2,1-7H3;4*8-10,12H,7H2,1-6H3;4*7H,1-6H3;1H4/t9-,10+;9-,10-;2*8-,9+,10-;2*8-,9-,10+;4*7-;/m0010101100./s1. The number of alkyl halides is 4. The van der Waals surface area contributed by atoms with E-state index in [1.165, 1.54) is 0 Å². The van der Waals surface area contributed by atoms with Gasteiger partial charge in [-0.15, -0.1) is 0 Å². The molecule has 0 unspecified atom stereocenters. The highest BCUT2D eigenvalue weighted by Gasteiger charge is 2.39. The fourth-order valence-corrected chi connectivity index (χ4v) is 11.0. The van der Waals surface area contributed by atoms with Crippen molar-refractivity contribution in [2.75, 3.05) is 39.6 Å². The lowest BCUT2D eigenvalue weighted by atomic mass is 9.74. The van der Waals surface area contributed by atoms with E-state index in [1.54, 1.807) is 111 Å². The van der Waals surface area contributed by atoms with Crippen LogP contribution in [0.15, 0.2) is 0 Å². The van der Waals surface area contributed by atoms with E-state index in [9.17, 15) is 27.8 Å². The summed E-state index contributed by atoms with van der Waals surface area (Å²) in [4.78, 5) is 0. The molecule has 0 amide bonds.